The van der Waals surface area contributed by atoms with Crippen molar-refractivity contribution in [2.24, 2.45) is 4.99 Å². The Morgan fingerprint density at radius 1 is 1.03 bits per heavy atom. The molecule has 164 valence electrons. The molecule has 0 atom stereocenters. The van der Waals surface area contributed by atoms with Crippen LogP contribution in [0.2, 0.25) is 5.02 Å². The van der Waals surface area contributed by atoms with Gasteiger partial charge in [0.15, 0.2) is 0 Å². The number of anilines is 1. The van der Waals surface area contributed by atoms with Crippen LogP contribution in [0.1, 0.15) is 34.1 Å². The molecule has 3 N–H and O–H groups in total. The van der Waals surface area contributed by atoms with Crippen molar-refractivity contribution in [2.45, 2.75) is 26.9 Å². The molecule has 1 aromatic heterocycles. The van der Waals surface area contributed by atoms with Crippen LogP contribution in [0.25, 0.3) is 0 Å². The van der Waals surface area contributed by atoms with Crippen LogP contribution in [-0.4, -0.2) is 22.8 Å². The number of pyridine rings is 1. The number of rotatable bonds is 6. The molecule has 32 heavy (non-hydrogen) atoms. The molecule has 0 bridgehead atoms. The van der Waals surface area contributed by atoms with E-state index in [0.29, 0.717) is 23.7 Å². The zero-order valence-electron chi connectivity index (χ0n) is 17.9. The number of amides is 2. The maximum Gasteiger partial charge on any atom is 0.257 e. The lowest BCUT2D eigenvalue weighted by Gasteiger charge is -2.14. The molecular weight excluding hydrogens is 426 g/mol. The van der Waals surface area contributed by atoms with Crippen molar-refractivity contribution >= 4 is 35.1 Å². The highest BCUT2D eigenvalue weighted by Crippen LogP contribution is 2.22. The Bertz CT molecular complexity index is 1110. The molecule has 2 amide bonds. The highest BCUT2D eigenvalue weighted by Gasteiger charge is 2.11. The first kappa shape index (κ1) is 23.0. The van der Waals surface area contributed by atoms with Crippen LogP contribution in [0.3, 0.4) is 0 Å². The maximum absolute atomic E-state index is 12.8. The summed E-state index contributed by atoms with van der Waals surface area (Å²) in [6.07, 6.45) is 1.69. The minimum atomic E-state index is -0.317. The smallest absolute Gasteiger partial charge is 0.257 e. The van der Waals surface area contributed by atoms with Crippen molar-refractivity contribution in [2.75, 3.05) is 5.32 Å². The van der Waals surface area contributed by atoms with E-state index in [1.807, 2.05) is 37.3 Å². The van der Waals surface area contributed by atoms with Crippen molar-refractivity contribution < 1.29 is 9.59 Å². The summed E-state index contributed by atoms with van der Waals surface area (Å²) in [7, 11) is 0. The van der Waals surface area contributed by atoms with Gasteiger partial charge in [-0.15, -0.1) is 0 Å². The van der Waals surface area contributed by atoms with E-state index in [1.54, 1.807) is 36.5 Å². The number of carbonyl (C=O) groups is 2. The zero-order valence-corrected chi connectivity index (χ0v) is 18.6. The molecular formula is C24H24ClN5O2. The van der Waals surface area contributed by atoms with Crippen LogP contribution in [0.4, 0.5) is 5.69 Å². The lowest BCUT2D eigenvalue weighted by Crippen LogP contribution is -2.36. The van der Waals surface area contributed by atoms with Gasteiger partial charge in [-0.05, 0) is 54.4 Å². The predicted molar refractivity (Wildman–Crippen MR) is 127 cm³/mol. The normalized spacial score (nSPS) is 11.0. The van der Waals surface area contributed by atoms with Crippen LogP contribution in [0.5, 0.6) is 0 Å². The summed E-state index contributed by atoms with van der Waals surface area (Å²) in [5, 5.41) is 9.33. The Hall–Kier alpha value is -3.71. The Kier molecular flexibility index (Phi) is 7.94. The lowest BCUT2D eigenvalue weighted by molar-refractivity contribution is -0.119. The largest absolute Gasteiger partial charge is 0.352 e. The van der Waals surface area contributed by atoms with Gasteiger partial charge in [-0.2, -0.15) is 0 Å². The lowest BCUT2D eigenvalue weighted by atomic mass is 10.1. The molecule has 0 saturated heterocycles. The predicted octanol–water partition coefficient (Wildman–Crippen LogP) is 4.08. The second-order valence-corrected chi connectivity index (χ2v) is 7.49. The Balaban J connectivity index is 1.77. The maximum atomic E-state index is 12.8. The molecule has 2 aromatic carbocycles. The molecule has 0 radical (unpaired) electrons. The summed E-state index contributed by atoms with van der Waals surface area (Å²) in [5.41, 5.74) is 3.71. The Labute approximate surface area is 191 Å². The first-order valence-corrected chi connectivity index (χ1v) is 10.4. The quantitative estimate of drug-likeness (QED) is 0.390. The number of nitrogens with one attached hydrogen (secondary N) is 3. The zero-order chi connectivity index (χ0) is 22.9. The molecule has 7 nitrogen and oxygen atoms in total. The van der Waals surface area contributed by atoms with Crippen LogP contribution < -0.4 is 16.0 Å². The van der Waals surface area contributed by atoms with E-state index in [2.05, 4.69) is 25.9 Å². The number of carbonyl (C=O) groups excluding carboxylic acids is 2. The molecule has 0 saturated carbocycles. The van der Waals surface area contributed by atoms with E-state index in [-0.39, 0.29) is 17.8 Å². The second-order valence-electron chi connectivity index (χ2n) is 7.08. The molecule has 0 aliphatic rings. The minimum absolute atomic E-state index is 0.108. The first-order valence-electron chi connectivity index (χ1n) is 10.0. The third-order valence-corrected chi connectivity index (χ3v) is 5.05. The number of hydrogen-bond acceptors (Lipinski definition) is 4. The fourth-order valence-corrected chi connectivity index (χ4v) is 2.99. The number of guanidine groups is 1. The minimum Gasteiger partial charge on any atom is -0.352 e. The summed E-state index contributed by atoms with van der Waals surface area (Å²) >= 11 is 6.23. The number of nitrogens with zero attached hydrogens (tertiary/aromatic N) is 2. The van der Waals surface area contributed by atoms with Gasteiger partial charge in [0.25, 0.3) is 5.91 Å². The van der Waals surface area contributed by atoms with Gasteiger partial charge in [0, 0.05) is 35.9 Å². The molecule has 0 spiro atoms. The Morgan fingerprint density at radius 3 is 2.50 bits per heavy atom. The third-order valence-electron chi connectivity index (χ3n) is 4.64. The highest BCUT2D eigenvalue weighted by atomic mass is 35.5. The van der Waals surface area contributed by atoms with E-state index < -0.39 is 0 Å². The number of benzene rings is 2. The van der Waals surface area contributed by atoms with E-state index >= 15 is 0 Å². The summed E-state index contributed by atoms with van der Waals surface area (Å²) in [6, 6.07) is 18.1. The van der Waals surface area contributed by atoms with Crippen LogP contribution >= 0.6 is 11.6 Å². The average Bonchev–Trinajstić information content (AvgIpc) is 2.80. The standard InChI is InChI=1S/C24H24ClN5O2/c1-16-21(25)7-5-8-22(16)29-24(28-15-20-6-3-4-13-26-20)30-23(32)19-11-9-18(10-12-19)14-27-17(2)31/h3-13H,14-15H2,1-2H3,(H,27,31)(H2,28,29,30,32). The molecule has 0 unspecified atom stereocenters. The fraction of sp³-hybridized carbons (Fsp3) is 0.167. The van der Waals surface area contributed by atoms with Crippen molar-refractivity contribution in [3.8, 4) is 0 Å². The second kappa shape index (κ2) is 11.1. The summed E-state index contributed by atoms with van der Waals surface area (Å²) in [5.74, 6) is -0.140. The van der Waals surface area contributed by atoms with Gasteiger partial charge in [-0.1, -0.05) is 35.9 Å². The third kappa shape index (κ3) is 6.65. The van der Waals surface area contributed by atoms with Crippen LogP contribution in [0.15, 0.2) is 71.9 Å². The summed E-state index contributed by atoms with van der Waals surface area (Å²) in [4.78, 5) is 32.7. The van der Waals surface area contributed by atoms with Gasteiger partial charge in [-0.25, -0.2) is 4.99 Å². The van der Waals surface area contributed by atoms with Crippen LogP contribution in [0, 0.1) is 6.92 Å². The highest BCUT2D eigenvalue weighted by molar-refractivity contribution is 6.31. The van der Waals surface area contributed by atoms with Crippen molar-refractivity contribution in [1.82, 2.24) is 15.6 Å². The van der Waals surface area contributed by atoms with Gasteiger partial charge in [-0.3, -0.25) is 19.9 Å². The van der Waals surface area contributed by atoms with Crippen molar-refractivity contribution in [3.63, 3.8) is 0 Å². The van der Waals surface area contributed by atoms with E-state index in [0.717, 1.165) is 22.5 Å². The van der Waals surface area contributed by atoms with Gasteiger partial charge in [0.05, 0.1) is 12.2 Å². The monoisotopic (exact) mass is 449 g/mol. The molecule has 3 rings (SSSR count). The average molecular weight is 450 g/mol. The van der Waals surface area contributed by atoms with Crippen LogP contribution in [-0.2, 0) is 17.9 Å². The summed E-state index contributed by atoms with van der Waals surface area (Å²) in [6.45, 7) is 4.04. The SMILES string of the molecule is CC(=O)NCc1ccc(C(=O)NC(=NCc2ccccn2)Nc2cccc(Cl)c2C)cc1. The molecule has 1 heterocycles. The van der Waals surface area contributed by atoms with Gasteiger partial charge in [0.1, 0.15) is 0 Å². The van der Waals surface area contributed by atoms with E-state index in [9.17, 15) is 9.59 Å². The molecule has 3 aromatic rings. The number of hydrogen-bond donors (Lipinski definition) is 3. The van der Waals surface area contributed by atoms with Gasteiger partial charge < -0.3 is 10.6 Å². The van der Waals surface area contributed by atoms with Crippen molar-refractivity contribution in [3.05, 3.63) is 94.3 Å². The molecule has 0 aliphatic heterocycles. The topological polar surface area (TPSA) is 95.5 Å². The van der Waals surface area contributed by atoms with Gasteiger partial charge in [0.2, 0.25) is 11.9 Å². The number of aromatic nitrogens is 1. The van der Waals surface area contributed by atoms with Crippen molar-refractivity contribution in [1.29, 1.82) is 0 Å². The van der Waals surface area contributed by atoms with E-state index in [4.69, 9.17) is 11.6 Å². The van der Waals surface area contributed by atoms with E-state index in [1.165, 1.54) is 6.92 Å². The molecule has 8 heteroatoms. The number of aliphatic imine (C=N–C) groups is 1. The fourth-order valence-electron chi connectivity index (χ4n) is 2.81. The first-order chi connectivity index (χ1) is 15.4. The van der Waals surface area contributed by atoms with Gasteiger partial charge >= 0.3 is 0 Å². The molecule has 0 aliphatic carbocycles. The molecule has 0 fully saturated rings. The number of halogens is 1. The summed E-state index contributed by atoms with van der Waals surface area (Å²) < 4.78 is 0. The Morgan fingerprint density at radius 2 is 1.81 bits per heavy atom.